The second-order valence-corrected chi connectivity index (χ2v) is 7.37. The van der Waals surface area contributed by atoms with E-state index in [1.807, 2.05) is 30.1 Å². The van der Waals surface area contributed by atoms with Crippen LogP contribution in [0.2, 0.25) is 0 Å². The number of carbonyl (C=O) groups excluding carboxylic acids is 1. The van der Waals surface area contributed by atoms with Crippen molar-refractivity contribution < 1.29 is 9.18 Å². The maximum atomic E-state index is 13.2. The molecule has 0 bridgehead atoms. The number of H-pyrrole nitrogens is 1. The summed E-state index contributed by atoms with van der Waals surface area (Å²) in [5, 5.41) is 0. The molecule has 1 aliphatic rings. The molecule has 1 aliphatic heterocycles. The Morgan fingerprint density at radius 3 is 2.73 bits per heavy atom. The van der Waals surface area contributed by atoms with Crippen molar-refractivity contribution in [1.82, 2.24) is 15.0 Å². The highest BCUT2D eigenvalue weighted by atomic mass is 19.1. The van der Waals surface area contributed by atoms with Crippen molar-refractivity contribution in [3.05, 3.63) is 82.3 Å². The molecule has 3 aromatic rings. The van der Waals surface area contributed by atoms with Gasteiger partial charge in [0.25, 0.3) is 5.56 Å². The van der Waals surface area contributed by atoms with Gasteiger partial charge in [0, 0.05) is 62.5 Å². The summed E-state index contributed by atoms with van der Waals surface area (Å²) in [6.45, 7) is 1.03. The molecule has 8 heteroatoms. The number of carbonyl (C=O) groups is 1. The van der Waals surface area contributed by atoms with Gasteiger partial charge in [0.15, 0.2) is 0 Å². The Labute approximate surface area is 173 Å². The number of hydrogen-bond donors (Lipinski definition) is 1. The molecule has 1 aromatic carbocycles. The first-order valence-corrected chi connectivity index (χ1v) is 9.78. The number of nitrogens with zero attached hydrogens (tertiary/aromatic N) is 4. The number of benzene rings is 1. The van der Waals surface area contributed by atoms with Gasteiger partial charge in [-0.1, -0.05) is 6.07 Å². The normalized spacial score (nSPS) is 16.1. The average molecular weight is 407 g/mol. The smallest absolute Gasteiger partial charge is 0.252 e. The van der Waals surface area contributed by atoms with Gasteiger partial charge in [-0.15, -0.1) is 0 Å². The van der Waals surface area contributed by atoms with E-state index in [9.17, 15) is 14.0 Å². The van der Waals surface area contributed by atoms with Gasteiger partial charge in [0.2, 0.25) is 11.9 Å². The first-order chi connectivity index (χ1) is 14.5. The first-order valence-electron chi connectivity index (χ1n) is 9.78. The van der Waals surface area contributed by atoms with Crippen molar-refractivity contribution in [2.75, 3.05) is 29.9 Å². The zero-order valence-electron chi connectivity index (χ0n) is 16.6. The second-order valence-electron chi connectivity index (χ2n) is 7.37. The Bertz CT molecular complexity index is 1080. The predicted molar refractivity (Wildman–Crippen MR) is 112 cm³/mol. The molecule has 154 valence electrons. The number of aromatic nitrogens is 3. The fourth-order valence-corrected chi connectivity index (χ4v) is 3.56. The highest BCUT2D eigenvalue weighted by Crippen LogP contribution is 2.31. The fourth-order valence-electron chi connectivity index (χ4n) is 3.56. The van der Waals surface area contributed by atoms with Crippen LogP contribution in [0.5, 0.6) is 0 Å². The van der Waals surface area contributed by atoms with Gasteiger partial charge in [-0.05, 0) is 36.4 Å². The lowest BCUT2D eigenvalue weighted by Crippen LogP contribution is -2.27. The lowest BCUT2D eigenvalue weighted by molar-refractivity contribution is -0.117. The minimum atomic E-state index is -0.350. The second kappa shape index (κ2) is 8.44. The topological polar surface area (TPSA) is 82.2 Å². The minimum absolute atomic E-state index is 0.0706. The monoisotopic (exact) mass is 407 g/mol. The number of anilines is 2. The van der Waals surface area contributed by atoms with Crippen LogP contribution in [0, 0.1) is 5.82 Å². The number of pyridine rings is 1. The van der Waals surface area contributed by atoms with E-state index in [1.165, 1.54) is 18.2 Å². The standard InChI is InChI=1S/C22H22FN5O2/c1-27(11-9-17-4-2-3-10-24-17)22-25-19(13-20(29)26-22)15-12-21(30)28(14-15)18-7-5-16(23)6-8-18/h2-8,10,13,15H,9,11-12,14H2,1H3,(H,25,26,29)/t15-/m0/s1. The van der Waals surface area contributed by atoms with E-state index in [4.69, 9.17) is 0 Å². The Hall–Kier alpha value is -3.55. The molecular formula is C22H22FN5O2. The number of nitrogens with one attached hydrogen (secondary N) is 1. The molecule has 2 aromatic heterocycles. The molecule has 1 fully saturated rings. The summed E-state index contributed by atoms with van der Waals surface area (Å²) in [7, 11) is 1.86. The van der Waals surface area contributed by atoms with Crippen LogP contribution >= 0.6 is 0 Å². The number of rotatable bonds is 6. The molecule has 3 heterocycles. The third kappa shape index (κ3) is 4.37. The number of hydrogen-bond acceptors (Lipinski definition) is 5. The van der Waals surface area contributed by atoms with Crippen LogP contribution in [0.1, 0.15) is 23.7 Å². The van der Waals surface area contributed by atoms with Crippen molar-refractivity contribution >= 4 is 17.5 Å². The van der Waals surface area contributed by atoms with Gasteiger partial charge in [-0.3, -0.25) is 19.6 Å². The van der Waals surface area contributed by atoms with Crippen molar-refractivity contribution in [3.8, 4) is 0 Å². The van der Waals surface area contributed by atoms with Crippen molar-refractivity contribution in [3.63, 3.8) is 0 Å². The Balaban J connectivity index is 1.49. The zero-order chi connectivity index (χ0) is 21.1. The van der Waals surface area contributed by atoms with Crippen LogP contribution in [0.15, 0.2) is 59.5 Å². The van der Waals surface area contributed by atoms with Gasteiger partial charge in [-0.25, -0.2) is 9.37 Å². The third-order valence-corrected chi connectivity index (χ3v) is 5.22. The predicted octanol–water partition coefficient (Wildman–Crippen LogP) is 2.50. The summed E-state index contributed by atoms with van der Waals surface area (Å²) >= 11 is 0. The molecule has 1 N–H and O–H groups in total. The molecule has 1 atom stereocenters. The van der Waals surface area contributed by atoms with Crippen molar-refractivity contribution in [1.29, 1.82) is 0 Å². The number of amides is 1. The number of likely N-dealkylation sites (N-methyl/N-ethyl adjacent to an activating group) is 1. The van der Waals surface area contributed by atoms with E-state index in [-0.39, 0.29) is 29.6 Å². The molecule has 0 aliphatic carbocycles. The molecule has 30 heavy (non-hydrogen) atoms. The maximum absolute atomic E-state index is 13.2. The van der Waals surface area contributed by atoms with Gasteiger partial charge >= 0.3 is 0 Å². The van der Waals surface area contributed by atoms with E-state index in [2.05, 4.69) is 15.0 Å². The van der Waals surface area contributed by atoms with Crippen LogP contribution in [0.4, 0.5) is 16.0 Å². The van der Waals surface area contributed by atoms with Crippen LogP contribution in [-0.2, 0) is 11.2 Å². The first kappa shape index (κ1) is 19.8. The fraction of sp³-hybridized carbons (Fsp3) is 0.273. The minimum Gasteiger partial charge on any atom is -0.345 e. The third-order valence-electron chi connectivity index (χ3n) is 5.22. The van der Waals surface area contributed by atoms with Crippen LogP contribution in [0.3, 0.4) is 0 Å². The number of aromatic amines is 1. The highest BCUT2D eigenvalue weighted by Gasteiger charge is 2.33. The van der Waals surface area contributed by atoms with E-state index < -0.39 is 0 Å². The summed E-state index contributed by atoms with van der Waals surface area (Å²) in [6, 6.07) is 13.0. The lowest BCUT2D eigenvalue weighted by Gasteiger charge is -2.19. The molecule has 4 rings (SSSR count). The van der Waals surface area contributed by atoms with Gasteiger partial charge < -0.3 is 9.80 Å². The van der Waals surface area contributed by atoms with Crippen LogP contribution < -0.4 is 15.4 Å². The van der Waals surface area contributed by atoms with Gasteiger partial charge in [-0.2, -0.15) is 0 Å². The average Bonchev–Trinajstić information content (AvgIpc) is 3.14. The van der Waals surface area contributed by atoms with Crippen molar-refractivity contribution in [2.45, 2.75) is 18.8 Å². The summed E-state index contributed by atoms with van der Waals surface area (Å²) in [4.78, 5) is 39.9. The van der Waals surface area contributed by atoms with Crippen LogP contribution in [0.25, 0.3) is 0 Å². The SMILES string of the molecule is CN(CCc1ccccn1)c1nc([C@H]2CC(=O)N(c3ccc(F)cc3)C2)cc(=O)[nH]1. The Morgan fingerprint density at radius 2 is 2.00 bits per heavy atom. The highest BCUT2D eigenvalue weighted by molar-refractivity contribution is 5.96. The van der Waals surface area contributed by atoms with E-state index in [0.717, 1.165) is 5.69 Å². The molecule has 0 unspecified atom stereocenters. The Kier molecular flexibility index (Phi) is 5.56. The molecule has 7 nitrogen and oxygen atoms in total. The molecule has 0 radical (unpaired) electrons. The van der Waals surface area contributed by atoms with E-state index >= 15 is 0 Å². The largest absolute Gasteiger partial charge is 0.345 e. The number of halogens is 1. The summed E-state index contributed by atoms with van der Waals surface area (Å²) in [6.07, 6.45) is 2.72. The molecule has 1 saturated heterocycles. The lowest BCUT2D eigenvalue weighted by atomic mass is 10.0. The molecular weight excluding hydrogens is 385 g/mol. The zero-order valence-corrected chi connectivity index (χ0v) is 16.6. The van der Waals surface area contributed by atoms with Crippen LogP contribution in [-0.4, -0.2) is 41.0 Å². The maximum Gasteiger partial charge on any atom is 0.252 e. The van der Waals surface area contributed by atoms with Gasteiger partial charge in [0.05, 0.1) is 5.69 Å². The van der Waals surface area contributed by atoms with E-state index in [1.54, 1.807) is 23.2 Å². The summed E-state index contributed by atoms with van der Waals surface area (Å²) in [5.74, 6) is -0.163. The summed E-state index contributed by atoms with van der Waals surface area (Å²) in [5.41, 5.74) is 1.92. The Morgan fingerprint density at radius 1 is 1.20 bits per heavy atom. The van der Waals surface area contributed by atoms with Gasteiger partial charge in [0.1, 0.15) is 5.82 Å². The van der Waals surface area contributed by atoms with E-state index in [0.29, 0.717) is 36.8 Å². The molecule has 1 amide bonds. The van der Waals surface area contributed by atoms with Crippen molar-refractivity contribution in [2.24, 2.45) is 0 Å². The molecule has 0 spiro atoms. The molecule has 0 saturated carbocycles. The quantitative estimate of drug-likeness (QED) is 0.679. The summed E-state index contributed by atoms with van der Waals surface area (Å²) < 4.78 is 13.2.